The molecule has 4 nitrogen and oxygen atoms in total. The Morgan fingerprint density at radius 2 is 2.13 bits per heavy atom. The van der Waals surface area contributed by atoms with Crippen molar-refractivity contribution in [2.75, 3.05) is 0 Å². The molecule has 0 aromatic heterocycles. The van der Waals surface area contributed by atoms with E-state index in [0.29, 0.717) is 19.3 Å². The number of rotatable bonds is 7. The number of carbonyl (C=O) groups excluding carboxylic acids is 1. The van der Waals surface area contributed by atoms with Gasteiger partial charge in [0.25, 0.3) is 0 Å². The van der Waals surface area contributed by atoms with Gasteiger partial charge >= 0.3 is 0 Å². The third-order valence-corrected chi connectivity index (χ3v) is 4.96. The first-order valence-corrected chi connectivity index (χ1v) is 8.33. The Morgan fingerprint density at radius 1 is 1.35 bits per heavy atom. The van der Waals surface area contributed by atoms with Gasteiger partial charge in [0.1, 0.15) is 0 Å². The van der Waals surface area contributed by atoms with Gasteiger partial charge in [-0.25, -0.2) is 0 Å². The summed E-state index contributed by atoms with van der Waals surface area (Å²) in [5.41, 5.74) is 1.90. The molecule has 1 aliphatic carbocycles. The molecule has 0 atom stereocenters. The van der Waals surface area contributed by atoms with Gasteiger partial charge in [0.05, 0.1) is 5.54 Å². The van der Waals surface area contributed by atoms with E-state index in [1.807, 2.05) is 0 Å². The predicted molar refractivity (Wildman–Crippen MR) is 89.7 cm³/mol. The molecule has 3 rings (SSSR count). The number of benzene rings is 1. The Bertz CT molecular complexity index is 661. The highest BCUT2D eigenvalue weighted by molar-refractivity contribution is 5.77. The molecular weight excluding hydrogens is 286 g/mol. The highest BCUT2D eigenvalue weighted by Crippen LogP contribution is 2.42. The van der Waals surface area contributed by atoms with E-state index >= 15 is 0 Å². The minimum absolute atomic E-state index is 0.0867. The fourth-order valence-corrected chi connectivity index (χ4v) is 3.27. The van der Waals surface area contributed by atoms with E-state index in [0.717, 1.165) is 25.7 Å². The van der Waals surface area contributed by atoms with E-state index in [2.05, 4.69) is 52.7 Å². The van der Waals surface area contributed by atoms with Crippen molar-refractivity contribution >= 4 is 5.91 Å². The third kappa shape index (κ3) is 3.44. The van der Waals surface area contributed by atoms with Crippen molar-refractivity contribution in [3.05, 3.63) is 35.4 Å². The molecule has 1 saturated carbocycles. The highest BCUT2D eigenvalue weighted by atomic mass is 16.1. The molecule has 0 saturated heterocycles. The lowest BCUT2D eigenvalue weighted by Crippen LogP contribution is -2.50. The summed E-state index contributed by atoms with van der Waals surface area (Å²) in [6.07, 6.45) is 11.0. The summed E-state index contributed by atoms with van der Waals surface area (Å²) in [5.74, 6) is 2.70. The van der Waals surface area contributed by atoms with Crippen molar-refractivity contribution < 1.29 is 4.79 Å². The van der Waals surface area contributed by atoms with Crippen molar-refractivity contribution in [3.63, 3.8) is 0 Å². The normalized spacial score (nSPS) is 19.5. The number of terminal acetylenes is 1. The highest BCUT2D eigenvalue weighted by Gasteiger charge is 2.42. The maximum absolute atomic E-state index is 12.4. The summed E-state index contributed by atoms with van der Waals surface area (Å²) in [6.45, 7) is 2.09. The zero-order chi connectivity index (χ0) is 16.3. The second kappa shape index (κ2) is 6.16. The van der Waals surface area contributed by atoms with Crippen LogP contribution in [0.5, 0.6) is 0 Å². The summed E-state index contributed by atoms with van der Waals surface area (Å²) in [4.78, 5) is 12.4. The molecule has 1 fully saturated rings. The molecule has 1 aliphatic heterocycles. The first kappa shape index (κ1) is 15.7. The molecule has 1 aromatic carbocycles. The average Bonchev–Trinajstić information content (AvgIpc) is 3.27. The number of carbonyl (C=O) groups is 1. The van der Waals surface area contributed by atoms with Crippen LogP contribution in [0.2, 0.25) is 0 Å². The minimum atomic E-state index is -0.375. The topological polar surface area (TPSA) is 53.8 Å². The second-order valence-electron chi connectivity index (χ2n) is 6.74. The van der Waals surface area contributed by atoms with Gasteiger partial charge in [-0.3, -0.25) is 4.79 Å². The van der Waals surface area contributed by atoms with Crippen molar-refractivity contribution in [2.45, 2.75) is 63.1 Å². The molecule has 0 bridgehead atoms. The molecule has 0 spiro atoms. The Labute approximate surface area is 137 Å². The quantitative estimate of drug-likeness (QED) is 0.764. The number of aryl methyl sites for hydroxylation is 1. The van der Waals surface area contributed by atoms with Crippen molar-refractivity contribution in [2.24, 2.45) is 10.2 Å². The van der Waals surface area contributed by atoms with Crippen molar-refractivity contribution in [3.8, 4) is 12.3 Å². The monoisotopic (exact) mass is 309 g/mol. The van der Waals surface area contributed by atoms with Crippen LogP contribution in [0, 0.1) is 19.3 Å². The number of amides is 1. The van der Waals surface area contributed by atoms with E-state index in [4.69, 9.17) is 6.42 Å². The van der Waals surface area contributed by atoms with Gasteiger partial charge < -0.3 is 5.32 Å². The van der Waals surface area contributed by atoms with Crippen LogP contribution in [0.25, 0.3) is 0 Å². The Morgan fingerprint density at radius 3 is 2.70 bits per heavy atom. The summed E-state index contributed by atoms with van der Waals surface area (Å²) in [7, 11) is 0. The lowest BCUT2D eigenvalue weighted by molar-refractivity contribution is -0.124. The van der Waals surface area contributed by atoms with E-state index in [9.17, 15) is 4.79 Å². The zero-order valence-corrected chi connectivity index (χ0v) is 13.6. The van der Waals surface area contributed by atoms with Crippen LogP contribution in [-0.4, -0.2) is 11.6 Å². The lowest BCUT2D eigenvalue weighted by Gasteiger charge is -2.43. The lowest BCUT2D eigenvalue weighted by atomic mass is 9.71. The smallest absolute Gasteiger partial charge is 0.220 e. The fourth-order valence-electron chi connectivity index (χ4n) is 3.27. The fraction of sp³-hybridized carbons (Fsp3) is 0.526. The number of nitrogens with one attached hydrogen (secondary N) is 1. The molecule has 1 aromatic rings. The third-order valence-electron chi connectivity index (χ3n) is 4.96. The molecule has 2 aliphatic rings. The van der Waals surface area contributed by atoms with Gasteiger partial charge in [0, 0.05) is 25.7 Å². The van der Waals surface area contributed by atoms with Crippen molar-refractivity contribution in [1.82, 2.24) is 5.32 Å². The van der Waals surface area contributed by atoms with E-state index < -0.39 is 0 Å². The van der Waals surface area contributed by atoms with E-state index in [1.165, 1.54) is 11.1 Å². The van der Waals surface area contributed by atoms with Gasteiger partial charge in [-0.15, -0.1) is 12.3 Å². The summed E-state index contributed by atoms with van der Waals surface area (Å²) < 4.78 is 0. The molecule has 1 amide bonds. The van der Waals surface area contributed by atoms with Crippen LogP contribution in [-0.2, 0) is 10.3 Å². The summed E-state index contributed by atoms with van der Waals surface area (Å²) in [5, 5.41) is 11.5. The van der Waals surface area contributed by atoms with Crippen LogP contribution >= 0.6 is 0 Å². The summed E-state index contributed by atoms with van der Waals surface area (Å²) in [6, 6.07) is 8.45. The van der Waals surface area contributed by atoms with Crippen LogP contribution in [0.3, 0.4) is 0 Å². The molecule has 1 heterocycles. The first-order chi connectivity index (χ1) is 11.1. The van der Waals surface area contributed by atoms with E-state index in [1.54, 1.807) is 0 Å². The number of nitrogens with zero attached hydrogens (tertiary/aromatic N) is 2. The zero-order valence-electron chi connectivity index (χ0n) is 13.6. The van der Waals surface area contributed by atoms with Crippen LogP contribution in [0.15, 0.2) is 34.5 Å². The molecule has 0 unspecified atom stereocenters. The Kier molecular flexibility index (Phi) is 4.21. The summed E-state index contributed by atoms with van der Waals surface area (Å²) >= 11 is 0. The van der Waals surface area contributed by atoms with Crippen LogP contribution in [0.1, 0.15) is 56.1 Å². The SMILES string of the molecule is C#CCCC1(CCC(=O)NC2(c3cccc(C)c3)CCC2)N=N1. The molecule has 23 heavy (non-hydrogen) atoms. The van der Waals surface area contributed by atoms with Crippen LogP contribution < -0.4 is 5.32 Å². The number of hydrogen-bond acceptors (Lipinski definition) is 3. The predicted octanol–water partition coefficient (Wildman–Crippen LogP) is 3.85. The average molecular weight is 309 g/mol. The molecule has 4 heteroatoms. The minimum Gasteiger partial charge on any atom is -0.347 e. The Balaban J connectivity index is 1.57. The number of hydrogen-bond donors (Lipinski definition) is 1. The maximum Gasteiger partial charge on any atom is 0.220 e. The van der Waals surface area contributed by atoms with Crippen molar-refractivity contribution in [1.29, 1.82) is 0 Å². The molecule has 0 radical (unpaired) electrons. The molecule has 120 valence electrons. The standard InChI is InChI=1S/C19H23N3O/c1-3-4-12-19(21-22-19)13-9-17(23)20-18(10-6-11-18)16-8-5-7-15(2)14-16/h1,5,7-8,14H,4,6,9-13H2,2H3,(H,20,23). The second-order valence-corrected chi connectivity index (χ2v) is 6.74. The Hall–Kier alpha value is -2.15. The largest absolute Gasteiger partial charge is 0.347 e. The van der Waals surface area contributed by atoms with Gasteiger partial charge in [0.15, 0.2) is 5.66 Å². The van der Waals surface area contributed by atoms with Gasteiger partial charge in [0.2, 0.25) is 5.91 Å². The van der Waals surface area contributed by atoms with Crippen LogP contribution in [0.4, 0.5) is 0 Å². The van der Waals surface area contributed by atoms with Gasteiger partial charge in [-0.2, -0.15) is 10.2 Å². The van der Waals surface area contributed by atoms with Gasteiger partial charge in [-0.05, 0) is 31.7 Å². The van der Waals surface area contributed by atoms with Gasteiger partial charge in [-0.1, -0.05) is 29.8 Å². The first-order valence-electron chi connectivity index (χ1n) is 8.33. The molecular formula is C19H23N3O. The maximum atomic E-state index is 12.4. The molecule has 1 N–H and O–H groups in total. The van der Waals surface area contributed by atoms with E-state index in [-0.39, 0.29) is 17.1 Å².